The van der Waals surface area contributed by atoms with Gasteiger partial charge in [0.05, 0.1) is 12.7 Å². The first-order chi connectivity index (χ1) is 8.54. The molecule has 7 heteroatoms. The summed E-state index contributed by atoms with van der Waals surface area (Å²) in [5.74, 6) is 0.472. The molecule has 0 aromatic heterocycles. The SMILES string of the molecule is CC1CN(S(=O)(=O)N2CCC(CN)CC2)CCO1. The molecule has 2 saturated heterocycles. The van der Waals surface area contributed by atoms with Gasteiger partial charge in [-0.15, -0.1) is 0 Å². The van der Waals surface area contributed by atoms with Gasteiger partial charge in [0, 0.05) is 26.2 Å². The average Bonchev–Trinajstić information content (AvgIpc) is 2.39. The number of rotatable bonds is 3. The van der Waals surface area contributed by atoms with Gasteiger partial charge in [0.25, 0.3) is 10.2 Å². The predicted octanol–water partition coefficient (Wildman–Crippen LogP) is -0.377. The van der Waals surface area contributed by atoms with Crippen LogP contribution in [0.4, 0.5) is 0 Å². The molecule has 2 N–H and O–H groups in total. The van der Waals surface area contributed by atoms with Crippen LogP contribution in [0.2, 0.25) is 0 Å². The van der Waals surface area contributed by atoms with E-state index >= 15 is 0 Å². The van der Waals surface area contributed by atoms with E-state index in [4.69, 9.17) is 10.5 Å². The van der Waals surface area contributed by atoms with E-state index in [1.54, 1.807) is 8.61 Å². The van der Waals surface area contributed by atoms with Crippen molar-refractivity contribution in [1.82, 2.24) is 8.61 Å². The third-order valence-electron chi connectivity index (χ3n) is 3.76. The minimum Gasteiger partial charge on any atom is -0.376 e. The number of nitrogens with two attached hydrogens (primary N) is 1. The highest BCUT2D eigenvalue weighted by atomic mass is 32.2. The van der Waals surface area contributed by atoms with Crippen LogP contribution in [-0.2, 0) is 14.9 Å². The molecule has 0 saturated carbocycles. The average molecular weight is 277 g/mol. The van der Waals surface area contributed by atoms with E-state index in [1.165, 1.54) is 0 Å². The van der Waals surface area contributed by atoms with Crippen LogP contribution in [-0.4, -0.2) is 62.5 Å². The van der Waals surface area contributed by atoms with Gasteiger partial charge in [-0.2, -0.15) is 17.0 Å². The van der Waals surface area contributed by atoms with Gasteiger partial charge >= 0.3 is 0 Å². The fourth-order valence-electron chi connectivity index (χ4n) is 2.54. The van der Waals surface area contributed by atoms with Crippen molar-refractivity contribution in [1.29, 1.82) is 0 Å². The third-order valence-corrected chi connectivity index (χ3v) is 5.77. The van der Waals surface area contributed by atoms with Crippen LogP contribution in [0.1, 0.15) is 19.8 Å². The fraction of sp³-hybridized carbons (Fsp3) is 1.00. The Bertz CT molecular complexity index is 366. The molecule has 2 fully saturated rings. The maximum atomic E-state index is 12.4. The molecular weight excluding hydrogens is 254 g/mol. The van der Waals surface area contributed by atoms with E-state index < -0.39 is 10.2 Å². The zero-order valence-electron chi connectivity index (χ0n) is 10.9. The van der Waals surface area contributed by atoms with Crippen LogP contribution < -0.4 is 5.73 Å². The summed E-state index contributed by atoms with van der Waals surface area (Å²) >= 11 is 0. The first-order valence-electron chi connectivity index (χ1n) is 6.61. The summed E-state index contributed by atoms with van der Waals surface area (Å²) in [5, 5.41) is 0. The Morgan fingerprint density at radius 2 is 1.89 bits per heavy atom. The second-order valence-electron chi connectivity index (χ2n) is 5.13. The third kappa shape index (κ3) is 3.03. The number of hydrogen-bond donors (Lipinski definition) is 1. The van der Waals surface area contributed by atoms with Gasteiger partial charge in [-0.25, -0.2) is 0 Å². The summed E-state index contributed by atoms with van der Waals surface area (Å²) in [7, 11) is -3.30. The van der Waals surface area contributed by atoms with E-state index in [-0.39, 0.29) is 6.10 Å². The van der Waals surface area contributed by atoms with Crippen molar-refractivity contribution in [3.05, 3.63) is 0 Å². The van der Waals surface area contributed by atoms with E-state index in [2.05, 4.69) is 0 Å². The lowest BCUT2D eigenvalue weighted by Crippen LogP contribution is -2.52. The topological polar surface area (TPSA) is 75.9 Å². The highest BCUT2D eigenvalue weighted by Gasteiger charge is 2.34. The zero-order chi connectivity index (χ0) is 13.2. The normalized spacial score (nSPS) is 29.6. The quantitative estimate of drug-likeness (QED) is 0.763. The van der Waals surface area contributed by atoms with Crippen LogP contribution in [0.25, 0.3) is 0 Å². The predicted molar refractivity (Wildman–Crippen MR) is 69.3 cm³/mol. The van der Waals surface area contributed by atoms with Crippen molar-refractivity contribution in [2.75, 3.05) is 39.3 Å². The van der Waals surface area contributed by atoms with E-state index in [0.717, 1.165) is 12.8 Å². The molecule has 1 unspecified atom stereocenters. The Kier molecular flexibility index (Phi) is 4.60. The summed E-state index contributed by atoms with van der Waals surface area (Å²) in [5.41, 5.74) is 5.62. The van der Waals surface area contributed by atoms with Crippen molar-refractivity contribution in [2.45, 2.75) is 25.9 Å². The maximum absolute atomic E-state index is 12.4. The standard InChI is InChI=1S/C11H23N3O3S/c1-10-9-14(6-7-17-10)18(15,16)13-4-2-11(8-12)3-5-13/h10-11H,2-9,12H2,1H3. The van der Waals surface area contributed by atoms with Gasteiger partial charge in [-0.3, -0.25) is 0 Å². The highest BCUT2D eigenvalue weighted by molar-refractivity contribution is 7.86. The number of nitrogens with zero attached hydrogens (tertiary/aromatic N) is 2. The molecule has 18 heavy (non-hydrogen) atoms. The van der Waals surface area contributed by atoms with Crippen molar-refractivity contribution < 1.29 is 13.2 Å². The Hall–Kier alpha value is -0.210. The van der Waals surface area contributed by atoms with Gasteiger partial charge in [0.2, 0.25) is 0 Å². The van der Waals surface area contributed by atoms with Crippen LogP contribution in [0.3, 0.4) is 0 Å². The molecular formula is C11H23N3O3S. The van der Waals surface area contributed by atoms with E-state index in [0.29, 0.717) is 45.2 Å². The highest BCUT2D eigenvalue weighted by Crippen LogP contribution is 2.21. The maximum Gasteiger partial charge on any atom is 0.282 e. The van der Waals surface area contributed by atoms with Crippen LogP contribution in [0.15, 0.2) is 0 Å². The molecule has 2 heterocycles. The molecule has 2 aliphatic rings. The summed E-state index contributed by atoms with van der Waals surface area (Å²) in [6.45, 7) is 5.15. The Labute approximate surface area is 109 Å². The van der Waals surface area contributed by atoms with Crippen molar-refractivity contribution in [2.24, 2.45) is 11.7 Å². The second-order valence-corrected chi connectivity index (χ2v) is 7.05. The van der Waals surface area contributed by atoms with Crippen LogP contribution >= 0.6 is 0 Å². The van der Waals surface area contributed by atoms with Gasteiger partial charge in [-0.05, 0) is 32.2 Å². The lowest BCUT2D eigenvalue weighted by Gasteiger charge is -2.37. The summed E-state index contributed by atoms with van der Waals surface area (Å²) < 4.78 is 33.4. The van der Waals surface area contributed by atoms with E-state index in [1.807, 2.05) is 6.92 Å². The molecule has 0 spiro atoms. The smallest absolute Gasteiger partial charge is 0.282 e. The summed E-state index contributed by atoms with van der Waals surface area (Å²) in [4.78, 5) is 0. The van der Waals surface area contributed by atoms with Crippen LogP contribution in [0, 0.1) is 5.92 Å². The molecule has 0 radical (unpaired) electrons. The minimum atomic E-state index is -3.30. The molecule has 0 aromatic carbocycles. The molecule has 0 amide bonds. The molecule has 6 nitrogen and oxygen atoms in total. The number of morpholine rings is 1. The van der Waals surface area contributed by atoms with Crippen molar-refractivity contribution in [3.63, 3.8) is 0 Å². The van der Waals surface area contributed by atoms with Gasteiger partial charge in [0.15, 0.2) is 0 Å². The van der Waals surface area contributed by atoms with Crippen molar-refractivity contribution >= 4 is 10.2 Å². The fourth-order valence-corrected chi connectivity index (χ4v) is 4.24. The molecule has 2 aliphatic heterocycles. The number of ether oxygens (including phenoxy) is 1. The zero-order valence-corrected chi connectivity index (χ0v) is 11.7. The van der Waals surface area contributed by atoms with Gasteiger partial charge in [0.1, 0.15) is 0 Å². The monoisotopic (exact) mass is 277 g/mol. The Morgan fingerprint density at radius 3 is 2.44 bits per heavy atom. The van der Waals surface area contributed by atoms with Gasteiger partial charge < -0.3 is 10.5 Å². The van der Waals surface area contributed by atoms with Gasteiger partial charge in [-0.1, -0.05) is 0 Å². The molecule has 0 aliphatic carbocycles. The second kappa shape index (κ2) is 5.83. The lowest BCUT2D eigenvalue weighted by atomic mass is 9.99. The summed E-state index contributed by atoms with van der Waals surface area (Å²) in [6, 6.07) is 0. The largest absolute Gasteiger partial charge is 0.376 e. The summed E-state index contributed by atoms with van der Waals surface area (Å²) in [6.07, 6.45) is 1.72. The first-order valence-corrected chi connectivity index (χ1v) is 8.00. The molecule has 0 bridgehead atoms. The lowest BCUT2D eigenvalue weighted by molar-refractivity contribution is 0.00790. The molecule has 106 valence electrons. The molecule has 2 rings (SSSR count). The Morgan fingerprint density at radius 1 is 1.22 bits per heavy atom. The minimum absolute atomic E-state index is 0.0184. The van der Waals surface area contributed by atoms with Crippen molar-refractivity contribution in [3.8, 4) is 0 Å². The number of piperidine rings is 1. The van der Waals surface area contributed by atoms with E-state index in [9.17, 15) is 8.42 Å². The van der Waals surface area contributed by atoms with Crippen LogP contribution in [0.5, 0.6) is 0 Å². The Balaban J connectivity index is 1.98. The molecule has 0 aromatic rings. The molecule has 1 atom stereocenters. The first kappa shape index (κ1) is 14.2. The number of hydrogen-bond acceptors (Lipinski definition) is 4.